The molecule has 1 aliphatic rings. The van der Waals surface area contributed by atoms with Gasteiger partial charge in [-0.2, -0.15) is 0 Å². The van der Waals surface area contributed by atoms with Gasteiger partial charge in [0.25, 0.3) is 0 Å². The minimum absolute atomic E-state index is 0.334. The van der Waals surface area contributed by atoms with Crippen LogP contribution in [0.25, 0.3) is 11.1 Å². The molecule has 3 nitrogen and oxygen atoms in total. The molecule has 0 unspecified atom stereocenters. The lowest BCUT2D eigenvalue weighted by atomic mass is 9.97. The molecule has 0 aromatic heterocycles. The van der Waals surface area contributed by atoms with Crippen molar-refractivity contribution < 1.29 is 9.84 Å². The van der Waals surface area contributed by atoms with Gasteiger partial charge in [0.05, 0.1) is 0 Å². The Morgan fingerprint density at radius 2 is 1.56 bits per heavy atom. The summed E-state index contributed by atoms with van der Waals surface area (Å²) < 4.78 is 5.79. The van der Waals surface area contributed by atoms with Crippen molar-refractivity contribution in [1.82, 2.24) is 4.90 Å². The largest absolute Gasteiger partial charge is 0.491 e. The van der Waals surface area contributed by atoms with E-state index in [0.29, 0.717) is 25.2 Å². The van der Waals surface area contributed by atoms with Crippen LogP contribution in [0.4, 0.5) is 0 Å². The fraction of sp³-hybridized carbons (Fsp3) is 0.455. The second-order valence-corrected chi connectivity index (χ2v) is 7.18. The summed E-state index contributed by atoms with van der Waals surface area (Å²) in [4.78, 5) is 2.41. The lowest BCUT2D eigenvalue weighted by Crippen LogP contribution is -2.48. The highest BCUT2D eigenvalue weighted by Gasteiger charge is 2.26. The van der Waals surface area contributed by atoms with Crippen LogP contribution < -0.4 is 4.74 Å². The van der Waals surface area contributed by atoms with Crippen molar-refractivity contribution in [1.29, 1.82) is 0 Å². The topological polar surface area (TPSA) is 32.7 Å². The molecule has 2 aromatic rings. The summed E-state index contributed by atoms with van der Waals surface area (Å²) in [7, 11) is 0. The number of hydrogen-bond acceptors (Lipinski definition) is 3. The van der Waals surface area contributed by atoms with Crippen LogP contribution in [0.1, 0.15) is 33.1 Å². The van der Waals surface area contributed by atoms with Crippen molar-refractivity contribution in [3.05, 3.63) is 54.6 Å². The zero-order valence-electron chi connectivity index (χ0n) is 15.3. The number of aliphatic hydroxyl groups is 1. The van der Waals surface area contributed by atoms with E-state index in [4.69, 9.17) is 4.74 Å². The van der Waals surface area contributed by atoms with Gasteiger partial charge in [0.1, 0.15) is 18.5 Å². The van der Waals surface area contributed by atoms with E-state index in [0.717, 1.165) is 5.75 Å². The smallest absolute Gasteiger partial charge is 0.119 e. The van der Waals surface area contributed by atoms with Crippen LogP contribution in [0.2, 0.25) is 0 Å². The Balaban J connectivity index is 1.51. The van der Waals surface area contributed by atoms with Crippen molar-refractivity contribution in [2.75, 3.05) is 13.2 Å². The third-order valence-electron chi connectivity index (χ3n) is 5.20. The Kier molecular flexibility index (Phi) is 6.11. The first-order valence-electron chi connectivity index (χ1n) is 9.35. The Bertz CT molecular complexity index is 631. The second kappa shape index (κ2) is 8.50. The van der Waals surface area contributed by atoms with Crippen LogP contribution in [0, 0.1) is 0 Å². The highest BCUT2D eigenvalue weighted by molar-refractivity contribution is 5.63. The molecule has 0 bridgehead atoms. The molecule has 25 heavy (non-hydrogen) atoms. The highest BCUT2D eigenvalue weighted by Crippen LogP contribution is 2.24. The predicted molar refractivity (Wildman–Crippen MR) is 103 cm³/mol. The summed E-state index contributed by atoms with van der Waals surface area (Å²) >= 11 is 0. The van der Waals surface area contributed by atoms with Crippen molar-refractivity contribution >= 4 is 0 Å². The van der Waals surface area contributed by atoms with E-state index in [2.05, 4.69) is 43.0 Å². The Hall–Kier alpha value is -1.84. The van der Waals surface area contributed by atoms with Gasteiger partial charge in [-0.05, 0) is 49.9 Å². The number of β-amino-alcohol motifs (C(OH)–C–C–N with tert-alkyl or cyclic N) is 1. The van der Waals surface area contributed by atoms with E-state index in [1.165, 1.54) is 30.4 Å². The standard InChI is InChI=1S/C22H29NO2/c1-17-7-6-8-18(2)23(17)15-21(24)16-25-22-13-11-20(12-14-22)19-9-4-3-5-10-19/h3-5,9-14,17-18,21,24H,6-8,15-16H2,1-2H3/t17-,18+,21-/m1/s1. The minimum atomic E-state index is -0.461. The van der Waals surface area contributed by atoms with Gasteiger partial charge in [0.15, 0.2) is 0 Å². The fourth-order valence-corrected chi connectivity index (χ4v) is 3.70. The first-order valence-corrected chi connectivity index (χ1v) is 9.35. The fourth-order valence-electron chi connectivity index (χ4n) is 3.70. The van der Waals surface area contributed by atoms with Gasteiger partial charge in [-0.1, -0.05) is 48.9 Å². The Morgan fingerprint density at radius 1 is 0.960 bits per heavy atom. The van der Waals surface area contributed by atoms with Gasteiger partial charge in [0.2, 0.25) is 0 Å². The van der Waals surface area contributed by atoms with Gasteiger partial charge in [-0.25, -0.2) is 0 Å². The van der Waals surface area contributed by atoms with Gasteiger partial charge < -0.3 is 9.84 Å². The average Bonchev–Trinajstić information content (AvgIpc) is 2.64. The van der Waals surface area contributed by atoms with Crippen molar-refractivity contribution in [2.24, 2.45) is 0 Å². The quantitative estimate of drug-likeness (QED) is 0.849. The number of benzene rings is 2. The molecule has 0 spiro atoms. The summed E-state index contributed by atoms with van der Waals surface area (Å²) in [5.74, 6) is 0.804. The molecule has 134 valence electrons. The number of nitrogens with zero attached hydrogens (tertiary/aromatic N) is 1. The Labute approximate surface area is 151 Å². The molecule has 2 aromatic carbocycles. The summed E-state index contributed by atoms with van der Waals surface area (Å²) in [6.45, 7) is 5.53. The molecule has 3 atom stereocenters. The van der Waals surface area contributed by atoms with Gasteiger partial charge in [-0.15, -0.1) is 0 Å². The molecule has 3 rings (SSSR count). The van der Waals surface area contributed by atoms with Crippen molar-refractivity contribution in [3.8, 4) is 16.9 Å². The minimum Gasteiger partial charge on any atom is -0.491 e. The predicted octanol–water partition coefficient (Wildman–Crippen LogP) is 4.36. The number of likely N-dealkylation sites (tertiary alicyclic amines) is 1. The van der Waals surface area contributed by atoms with Crippen LogP contribution >= 0.6 is 0 Å². The van der Waals surface area contributed by atoms with E-state index in [1.807, 2.05) is 30.3 Å². The SMILES string of the molecule is C[C@@H]1CCC[C@H](C)N1C[C@@H](O)COc1ccc(-c2ccccc2)cc1. The molecule has 0 saturated carbocycles. The average molecular weight is 339 g/mol. The molecule has 0 amide bonds. The molecule has 1 fully saturated rings. The van der Waals surface area contributed by atoms with Gasteiger partial charge in [0, 0.05) is 18.6 Å². The number of hydrogen-bond donors (Lipinski definition) is 1. The van der Waals surface area contributed by atoms with Crippen molar-refractivity contribution in [2.45, 2.75) is 51.3 Å². The summed E-state index contributed by atoms with van der Waals surface area (Å²) in [6, 6.07) is 19.5. The van der Waals surface area contributed by atoms with E-state index in [1.54, 1.807) is 0 Å². The zero-order valence-corrected chi connectivity index (χ0v) is 15.3. The first kappa shape index (κ1) is 18.0. The number of rotatable bonds is 6. The molecule has 0 aliphatic carbocycles. The maximum Gasteiger partial charge on any atom is 0.119 e. The number of piperidine rings is 1. The molecule has 1 aliphatic heterocycles. The molecule has 1 N–H and O–H groups in total. The third kappa shape index (κ3) is 4.83. The van der Waals surface area contributed by atoms with Gasteiger partial charge >= 0.3 is 0 Å². The summed E-state index contributed by atoms with van der Waals surface area (Å²) in [6.07, 6.45) is 3.27. The summed E-state index contributed by atoms with van der Waals surface area (Å²) in [5.41, 5.74) is 2.37. The molecule has 0 radical (unpaired) electrons. The maximum atomic E-state index is 10.4. The lowest BCUT2D eigenvalue weighted by Gasteiger charge is -2.40. The van der Waals surface area contributed by atoms with Crippen LogP contribution in [-0.4, -0.2) is 41.3 Å². The van der Waals surface area contributed by atoms with Crippen LogP contribution in [-0.2, 0) is 0 Å². The second-order valence-electron chi connectivity index (χ2n) is 7.18. The highest BCUT2D eigenvalue weighted by atomic mass is 16.5. The van der Waals surface area contributed by atoms with Crippen LogP contribution in [0.15, 0.2) is 54.6 Å². The maximum absolute atomic E-state index is 10.4. The zero-order chi connectivity index (χ0) is 17.6. The van der Waals surface area contributed by atoms with Gasteiger partial charge in [-0.3, -0.25) is 4.90 Å². The number of ether oxygens (including phenoxy) is 1. The normalized spacial score (nSPS) is 22.5. The van der Waals surface area contributed by atoms with Crippen LogP contribution in [0.5, 0.6) is 5.75 Å². The van der Waals surface area contributed by atoms with E-state index in [9.17, 15) is 5.11 Å². The Morgan fingerprint density at radius 3 is 2.20 bits per heavy atom. The molecular formula is C22H29NO2. The lowest BCUT2D eigenvalue weighted by molar-refractivity contribution is 0.0209. The molecule has 1 heterocycles. The van der Waals surface area contributed by atoms with E-state index >= 15 is 0 Å². The first-order chi connectivity index (χ1) is 12.1. The monoisotopic (exact) mass is 339 g/mol. The molecule has 1 saturated heterocycles. The van der Waals surface area contributed by atoms with Crippen molar-refractivity contribution in [3.63, 3.8) is 0 Å². The van der Waals surface area contributed by atoms with E-state index in [-0.39, 0.29) is 0 Å². The van der Waals surface area contributed by atoms with Crippen LogP contribution in [0.3, 0.4) is 0 Å². The number of aliphatic hydroxyl groups excluding tert-OH is 1. The van der Waals surface area contributed by atoms with E-state index < -0.39 is 6.10 Å². The molecular weight excluding hydrogens is 310 g/mol. The summed E-state index contributed by atoms with van der Waals surface area (Å²) in [5, 5.41) is 10.4. The third-order valence-corrected chi connectivity index (χ3v) is 5.20. The molecule has 3 heteroatoms.